The fraction of sp³-hybridized carbons (Fsp3) is 0.650. The van der Waals surface area contributed by atoms with Crippen LogP contribution in [0.4, 0.5) is 0 Å². The third-order valence-corrected chi connectivity index (χ3v) is 5.54. The molecule has 4 nitrogen and oxygen atoms in total. The normalized spacial score (nSPS) is 21.4. The average molecular weight is 330 g/mol. The predicted molar refractivity (Wildman–Crippen MR) is 96.0 cm³/mol. The number of hydrogen-bond acceptors (Lipinski definition) is 3. The Kier molecular flexibility index (Phi) is 5.57. The van der Waals surface area contributed by atoms with Crippen LogP contribution in [0, 0.1) is 5.92 Å². The van der Waals surface area contributed by atoms with Gasteiger partial charge in [0.2, 0.25) is 0 Å². The molecule has 1 aliphatic carbocycles. The van der Waals surface area contributed by atoms with Crippen LogP contribution in [0.3, 0.4) is 0 Å². The molecule has 1 saturated heterocycles. The third kappa shape index (κ3) is 3.81. The van der Waals surface area contributed by atoms with Crippen molar-refractivity contribution in [3.63, 3.8) is 0 Å². The van der Waals surface area contributed by atoms with Crippen molar-refractivity contribution in [2.75, 3.05) is 26.2 Å². The fourth-order valence-electron chi connectivity index (χ4n) is 3.65. The van der Waals surface area contributed by atoms with E-state index in [2.05, 4.69) is 4.90 Å². The van der Waals surface area contributed by atoms with Crippen molar-refractivity contribution in [1.29, 1.82) is 0 Å². The maximum Gasteiger partial charge on any atom is 0.253 e. The van der Waals surface area contributed by atoms with Crippen LogP contribution in [0.5, 0.6) is 0 Å². The third-order valence-electron chi connectivity index (χ3n) is 5.54. The van der Waals surface area contributed by atoms with Crippen LogP contribution in [0.25, 0.3) is 0 Å². The smallest absolute Gasteiger partial charge is 0.253 e. The fourth-order valence-corrected chi connectivity index (χ4v) is 3.65. The molecule has 1 heterocycles. The minimum absolute atomic E-state index is 0.121. The largest absolute Gasteiger partial charge is 0.388 e. The van der Waals surface area contributed by atoms with Crippen molar-refractivity contribution in [3.8, 4) is 0 Å². The Hall–Kier alpha value is -1.39. The van der Waals surface area contributed by atoms with Crippen molar-refractivity contribution < 1.29 is 9.90 Å². The van der Waals surface area contributed by atoms with Crippen LogP contribution in [-0.2, 0) is 0 Å². The van der Waals surface area contributed by atoms with Crippen LogP contribution >= 0.6 is 0 Å². The van der Waals surface area contributed by atoms with Gasteiger partial charge in [-0.3, -0.25) is 9.69 Å². The van der Waals surface area contributed by atoms with Gasteiger partial charge in [0, 0.05) is 37.8 Å². The predicted octanol–water partition coefficient (Wildman–Crippen LogP) is 3.08. The first-order valence-electron chi connectivity index (χ1n) is 9.37. The number of benzene rings is 1. The van der Waals surface area contributed by atoms with E-state index in [1.165, 1.54) is 19.3 Å². The molecule has 0 aromatic heterocycles. The van der Waals surface area contributed by atoms with Gasteiger partial charge in [-0.25, -0.2) is 0 Å². The lowest BCUT2D eigenvalue weighted by molar-refractivity contribution is 0.0749. The summed E-state index contributed by atoms with van der Waals surface area (Å²) in [5, 5.41) is 10.1. The molecule has 0 radical (unpaired) electrons. The minimum Gasteiger partial charge on any atom is -0.388 e. The van der Waals surface area contributed by atoms with Crippen molar-refractivity contribution in [1.82, 2.24) is 9.80 Å². The van der Waals surface area contributed by atoms with E-state index in [1.807, 2.05) is 43.0 Å². The summed E-state index contributed by atoms with van der Waals surface area (Å²) in [4.78, 5) is 17.3. The quantitative estimate of drug-likeness (QED) is 0.923. The topological polar surface area (TPSA) is 43.8 Å². The number of amides is 1. The van der Waals surface area contributed by atoms with E-state index in [9.17, 15) is 9.90 Å². The Labute approximate surface area is 145 Å². The average Bonchev–Trinajstić information content (AvgIpc) is 2.78. The number of aliphatic hydroxyl groups is 1. The summed E-state index contributed by atoms with van der Waals surface area (Å²) in [6.45, 7) is 7.78. The van der Waals surface area contributed by atoms with Crippen molar-refractivity contribution in [3.05, 3.63) is 35.4 Å². The van der Waals surface area contributed by atoms with Crippen LogP contribution in [0.1, 0.15) is 61.6 Å². The number of nitrogens with zero attached hydrogens (tertiary/aromatic N) is 2. The zero-order chi connectivity index (χ0) is 17.1. The highest BCUT2D eigenvalue weighted by Gasteiger charge is 2.28. The maximum atomic E-state index is 12.8. The Morgan fingerprint density at radius 3 is 2.33 bits per heavy atom. The SMILES string of the molecule is CC(C)C(O)c1ccc(C(=O)N2CCCN(C3CCC3)CC2)cc1. The molecule has 0 bridgehead atoms. The van der Waals surface area contributed by atoms with Gasteiger partial charge < -0.3 is 10.0 Å². The summed E-state index contributed by atoms with van der Waals surface area (Å²) in [6, 6.07) is 8.25. The van der Waals surface area contributed by atoms with E-state index in [0.29, 0.717) is 0 Å². The van der Waals surface area contributed by atoms with Gasteiger partial charge in [0.15, 0.2) is 0 Å². The van der Waals surface area contributed by atoms with Gasteiger partial charge >= 0.3 is 0 Å². The molecule has 1 amide bonds. The van der Waals surface area contributed by atoms with Gasteiger partial charge in [0.1, 0.15) is 0 Å². The zero-order valence-electron chi connectivity index (χ0n) is 14.9. The van der Waals surface area contributed by atoms with E-state index in [1.54, 1.807) is 0 Å². The molecule has 1 aromatic carbocycles. The first kappa shape index (κ1) is 17.4. The molecule has 4 heteroatoms. The van der Waals surface area contributed by atoms with E-state index < -0.39 is 6.10 Å². The van der Waals surface area contributed by atoms with E-state index in [0.717, 1.165) is 49.8 Å². The first-order valence-corrected chi connectivity index (χ1v) is 9.37. The summed E-state index contributed by atoms with van der Waals surface area (Å²) in [5.41, 5.74) is 1.61. The molecule has 24 heavy (non-hydrogen) atoms. The maximum absolute atomic E-state index is 12.8. The van der Waals surface area contributed by atoms with Gasteiger partial charge in [-0.1, -0.05) is 32.4 Å². The van der Waals surface area contributed by atoms with Crippen molar-refractivity contribution in [2.45, 2.75) is 51.7 Å². The summed E-state index contributed by atoms with van der Waals surface area (Å²) in [5.74, 6) is 0.297. The van der Waals surface area contributed by atoms with Crippen LogP contribution < -0.4 is 0 Å². The van der Waals surface area contributed by atoms with Gasteiger partial charge in [-0.15, -0.1) is 0 Å². The number of hydrogen-bond donors (Lipinski definition) is 1. The number of carbonyl (C=O) groups excluding carboxylic acids is 1. The van der Waals surface area contributed by atoms with Crippen LogP contribution in [-0.4, -0.2) is 53.0 Å². The summed E-state index contributed by atoms with van der Waals surface area (Å²) < 4.78 is 0. The van der Waals surface area contributed by atoms with Crippen molar-refractivity contribution >= 4 is 5.91 Å². The Morgan fingerprint density at radius 1 is 1.04 bits per heavy atom. The van der Waals surface area contributed by atoms with Gasteiger partial charge in [-0.2, -0.15) is 0 Å². The number of aliphatic hydroxyl groups excluding tert-OH is 1. The second kappa shape index (κ2) is 7.66. The lowest BCUT2D eigenvalue weighted by Crippen LogP contribution is -2.42. The second-order valence-corrected chi connectivity index (χ2v) is 7.58. The molecule has 132 valence electrons. The second-order valence-electron chi connectivity index (χ2n) is 7.58. The number of rotatable bonds is 4. The first-order chi connectivity index (χ1) is 11.6. The highest BCUT2D eigenvalue weighted by molar-refractivity contribution is 5.94. The molecule has 0 spiro atoms. The van der Waals surface area contributed by atoms with E-state index in [-0.39, 0.29) is 11.8 Å². The number of carbonyl (C=O) groups is 1. The lowest BCUT2D eigenvalue weighted by atomic mass is 9.91. The molecule has 2 fully saturated rings. The van der Waals surface area contributed by atoms with Gasteiger partial charge in [-0.05, 0) is 42.9 Å². The molecule has 1 N–H and O–H groups in total. The molecular weight excluding hydrogens is 300 g/mol. The Balaban J connectivity index is 1.61. The Bertz CT molecular complexity index is 551. The van der Waals surface area contributed by atoms with Gasteiger partial charge in [0.05, 0.1) is 6.10 Å². The van der Waals surface area contributed by atoms with Gasteiger partial charge in [0.25, 0.3) is 5.91 Å². The molecule has 1 aliphatic heterocycles. The summed E-state index contributed by atoms with van der Waals surface area (Å²) in [7, 11) is 0. The highest BCUT2D eigenvalue weighted by Crippen LogP contribution is 2.26. The molecule has 1 atom stereocenters. The highest BCUT2D eigenvalue weighted by atomic mass is 16.3. The molecular formula is C20H30N2O2. The monoisotopic (exact) mass is 330 g/mol. The standard InChI is InChI=1S/C20H30N2O2/c1-15(2)19(23)16-7-9-17(10-8-16)20(24)22-12-4-11-21(13-14-22)18-5-3-6-18/h7-10,15,18-19,23H,3-6,11-14H2,1-2H3. The van der Waals surface area contributed by atoms with E-state index >= 15 is 0 Å². The van der Waals surface area contributed by atoms with Crippen molar-refractivity contribution in [2.24, 2.45) is 5.92 Å². The molecule has 1 saturated carbocycles. The van der Waals surface area contributed by atoms with Crippen LogP contribution in [0.2, 0.25) is 0 Å². The molecule has 3 rings (SSSR count). The zero-order valence-corrected chi connectivity index (χ0v) is 14.9. The summed E-state index contributed by atoms with van der Waals surface area (Å²) >= 11 is 0. The Morgan fingerprint density at radius 2 is 1.75 bits per heavy atom. The molecule has 2 aliphatic rings. The summed E-state index contributed by atoms with van der Waals surface area (Å²) in [6.07, 6.45) is 4.61. The lowest BCUT2D eigenvalue weighted by Gasteiger charge is -2.36. The van der Waals surface area contributed by atoms with E-state index in [4.69, 9.17) is 0 Å². The minimum atomic E-state index is -0.469. The molecule has 1 aromatic rings. The van der Waals surface area contributed by atoms with Crippen LogP contribution in [0.15, 0.2) is 24.3 Å². The molecule has 1 unspecified atom stereocenters.